The third-order valence-corrected chi connectivity index (χ3v) is 9.68. The summed E-state index contributed by atoms with van der Waals surface area (Å²) in [7, 11) is 1.63. The van der Waals surface area contributed by atoms with Gasteiger partial charge in [0, 0.05) is 54.1 Å². The number of nitrogens with zero attached hydrogens (tertiary/aromatic N) is 2. The van der Waals surface area contributed by atoms with Gasteiger partial charge in [-0.3, -0.25) is 0 Å². The summed E-state index contributed by atoms with van der Waals surface area (Å²) in [6, 6.07) is 14.3. The summed E-state index contributed by atoms with van der Waals surface area (Å²) in [5, 5.41) is 4.90. The molecular formula is C34H44Cl2N4O5. The summed E-state index contributed by atoms with van der Waals surface area (Å²) >= 11 is 0. The molecule has 3 saturated heterocycles. The van der Waals surface area contributed by atoms with Gasteiger partial charge in [0.05, 0.1) is 18.9 Å². The van der Waals surface area contributed by atoms with Crippen LogP contribution in [0.3, 0.4) is 0 Å². The van der Waals surface area contributed by atoms with Gasteiger partial charge in [0.1, 0.15) is 12.4 Å². The van der Waals surface area contributed by atoms with Gasteiger partial charge >= 0.3 is 6.09 Å². The number of amides is 1. The highest BCUT2D eigenvalue weighted by atomic mass is 35.5. The molecule has 2 N–H and O–H groups in total. The molecule has 3 fully saturated rings. The number of para-hydroxylation sites is 1. The lowest BCUT2D eigenvalue weighted by Gasteiger charge is -2.46. The molecule has 0 unspecified atom stereocenters. The third kappa shape index (κ3) is 7.32. The number of hydrogen-bond donors (Lipinski definition) is 2. The average molecular weight is 660 g/mol. The fraction of sp³-hybridized carbons (Fsp3) is 0.500. The van der Waals surface area contributed by atoms with E-state index >= 15 is 0 Å². The van der Waals surface area contributed by atoms with Crippen molar-refractivity contribution in [2.75, 3.05) is 39.8 Å². The van der Waals surface area contributed by atoms with Crippen molar-refractivity contribution in [2.24, 2.45) is 5.92 Å². The molecule has 7 rings (SSSR count). The smallest absolute Gasteiger partial charge is 0.414 e. The van der Waals surface area contributed by atoms with Gasteiger partial charge in [-0.1, -0.05) is 24.6 Å². The Morgan fingerprint density at radius 3 is 2.60 bits per heavy atom. The SMILES string of the molecule is COc1cccc2c(COc3cccc4[nH]c(OC(=O)NC5CCN(C[C@@H]6CCCN7CCCC[C@H]67)CC5)cc34)coc12.Cl.Cl. The summed E-state index contributed by atoms with van der Waals surface area (Å²) in [6.07, 6.45) is 10.0. The molecule has 5 heterocycles. The van der Waals surface area contributed by atoms with Crippen molar-refractivity contribution in [2.45, 2.75) is 63.6 Å². The number of methoxy groups -OCH3 is 1. The zero-order valence-electron chi connectivity index (χ0n) is 25.8. The van der Waals surface area contributed by atoms with E-state index in [2.05, 4.69) is 20.1 Å². The first-order chi connectivity index (χ1) is 21.1. The Kier molecular flexibility index (Phi) is 11.1. The minimum atomic E-state index is -0.420. The number of nitrogens with one attached hydrogen (secondary N) is 2. The van der Waals surface area contributed by atoms with E-state index in [-0.39, 0.29) is 30.9 Å². The van der Waals surface area contributed by atoms with Gasteiger partial charge in [-0.15, -0.1) is 24.8 Å². The Morgan fingerprint density at radius 2 is 1.76 bits per heavy atom. The van der Waals surface area contributed by atoms with Gasteiger partial charge in [-0.05, 0) is 75.7 Å². The first kappa shape index (κ1) is 33.3. The number of rotatable bonds is 8. The van der Waals surface area contributed by atoms with Crippen molar-refractivity contribution in [1.29, 1.82) is 0 Å². The second-order valence-corrected chi connectivity index (χ2v) is 12.3. The molecule has 3 aliphatic rings. The molecule has 244 valence electrons. The van der Waals surface area contributed by atoms with Crippen molar-refractivity contribution in [3.63, 3.8) is 0 Å². The van der Waals surface area contributed by atoms with Gasteiger partial charge in [-0.25, -0.2) is 4.79 Å². The Labute approximate surface area is 276 Å². The predicted molar refractivity (Wildman–Crippen MR) is 180 cm³/mol. The standard InChI is InChI=1S/C34H42N4O5.2ClH/c1-40-31-12-4-8-26-24(22-42-33(26)31)21-41-30-11-5-9-28-27(30)19-32(36-28)43-34(39)35-25-13-17-37(18-14-25)20-23-7-6-16-38-15-3-2-10-29(23)38;;/h4-5,8-9,11-12,19,22-23,25,29,36H,2-3,6-7,10,13-18,20-21H2,1H3,(H,35,39);2*1H/t23-,29+;;/m0../s1. The first-order valence-electron chi connectivity index (χ1n) is 15.9. The third-order valence-electron chi connectivity index (χ3n) is 9.68. The summed E-state index contributed by atoms with van der Waals surface area (Å²) in [4.78, 5) is 21.4. The number of halogens is 2. The minimum Gasteiger partial charge on any atom is -0.493 e. The Hall–Kier alpha value is -3.11. The van der Waals surface area contributed by atoms with Crippen molar-refractivity contribution in [1.82, 2.24) is 20.1 Å². The van der Waals surface area contributed by atoms with Gasteiger partial charge in [0.15, 0.2) is 11.3 Å². The molecule has 2 atom stereocenters. The molecule has 0 aliphatic carbocycles. The molecule has 4 aromatic rings. The van der Waals surface area contributed by atoms with Crippen LogP contribution in [0.2, 0.25) is 0 Å². The van der Waals surface area contributed by atoms with E-state index in [1.165, 1.54) is 51.7 Å². The van der Waals surface area contributed by atoms with Crippen LogP contribution in [-0.2, 0) is 6.61 Å². The number of carbonyl (C=O) groups is 1. The molecule has 45 heavy (non-hydrogen) atoms. The van der Waals surface area contributed by atoms with E-state index in [4.69, 9.17) is 18.6 Å². The van der Waals surface area contributed by atoms with E-state index in [0.29, 0.717) is 29.6 Å². The Balaban J connectivity index is 0.00000200. The fourth-order valence-corrected chi connectivity index (χ4v) is 7.47. The highest BCUT2D eigenvalue weighted by molar-refractivity contribution is 5.89. The summed E-state index contributed by atoms with van der Waals surface area (Å²) in [5.74, 6) is 2.58. The van der Waals surface area contributed by atoms with Crippen molar-refractivity contribution >= 4 is 52.8 Å². The maximum absolute atomic E-state index is 12.8. The van der Waals surface area contributed by atoms with Crippen LogP contribution >= 0.6 is 24.8 Å². The zero-order chi connectivity index (χ0) is 29.2. The highest BCUT2D eigenvalue weighted by Gasteiger charge is 2.34. The molecule has 1 amide bonds. The lowest BCUT2D eigenvalue weighted by Crippen LogP contribution is -2.52. The van der Waals surface area contributed by atoms with Crippen LogP contribution in [0.5, 0.6) is 17.4 Å². The number of likely N-dealkylation sites (tertiary alicyclic amines) is 1. The topological polar surface area (TPSA) is 92.2 Å². The maximum atomic E-state index is 12.8. The van der Waals surface area contributed by atoms with Crippen LogP contribution < -0.4 is 19.5 Å². The van der Waals surface area contributed by atoms with E-state index in [1.54, 1.807) is 13.4 Å². The molecule has 2 aromatic carbocycles. The van der Waals surface area contributed by atoms with Crippen LogP contribution in [-0.4, -0.2) is 72.8 Å². The molecule has 11 heteroatoms. The molecule has 0 bridgehead atoms. The van der Waals surface area contributed by atoms with Crippen LogP contribution in [0.4, 0.5) is 4.79 Å². The first-order valence-corrected chi connectivity index (χ1v) is 15.9. The maximum Gasteiger partial charge on any atom is 0.414 e. The fourth-order valence-electron chi connectivity index (χ4n) is 7.47. The minimum absolute atomic E-state index is 0. The van der Waals surface area contributed by atoms with Crippen molar-refractivity contribution in [3.8, 4) is 17.4 Å². The van der Waals surface area contributed by atoms with Crippen LogP contribution in [0.1, 0.15) is 50.5 Å². The predicted octanol–water partition coefficient (Wildman–Crippen LogP) is 7.16. The second-order valence-electron chi connectivity index (χ2n) is 12.3. The number of furan rings is 1. The van der Waals surface area contributed by atoms with E-state index < -0.39 is 6.09 Å². The second kappa shape index (κ2) is 15.0. The Bertz CT molecular complexity index is 1560. The quantitative estimate of drug-likeness (QED) is 0.207. The number of aromatic amines is 1. The number of piperidine rings is 3. The number of carbonyl (C=O) groups excluding carboxylic acids is 1. The summed E-state index contributed by atoms with van der Waals surface area (Å²) in [5.41, 5.74) is 2.47. The van der Waals surface area contributed by atoms with Gasteiger partial charge in [0.25, 0.3) is 0 Å². The number of hydrogen-bond acceptors (Lipinski definition) is 7. The van der Waals surface area contributed by atoms with Gasteiger partial charge in [0.2, 0.25) is 5.88 Å². The summed E-state index contributed by atoms with van der Waals surface area (Å²) < 4.78 is 23.0. The van der Waals surface area contributed by atoms with Crippen LogP contribution in [0.25, 0.3) is 21.9 Å². The largest absolute Gasteiger partial charge is 0.493 e. The average Bonchev–Trinajstić information content (AvgIpc) is 3.65. The number of fused-ring (bicyclic) bond motifs is 3. The Morgan fingerprint density at radius 1 is 0.956 bits per heavy atom. The molecule has 3 aliphatic heterocycles. The van der Waals surface area contributed by atoms with Crippen LogP contribution in [0.15, 0.2) is 53.1 Å². The van der Waals surface area contributed by atoms with Gasteiger partial charge in [-0.2, -0.15) is 0 Å². The van der Waals surface area contributed by atoms with Crippen LogP contribution in [0, 0.1) is 5.92 Å². The lowest BCUT2D eigenvalue weighted by molar-refractivity contribution is 0.0353. The number of H-pyrrole nitrogens is 1. The number of ether oxygens (including phenoxy) is 3. The number of benzene rings is 2. The van der Waals surface area contributed by atoms with E-state index in [1.807, 2.05) is 42.5 Å². The highest BCUT2D eigenvalue weighted by Crippen LogP contribution is 2.34. The molecule has 0 radical (unpaired) electrons. The van der Waals surface area contributed by atoms with Crippen molar-refractivity contribution in [3.05, 3.63) is 54.3 Å². The monoisotopic (exact) mass is 658 g/mol. The lowest BCUT2D eigenvalue weighted by atomic mass is 9.83. The van der Waals surface area contributed by atoms with Crippen molar-refractivity contribution < 1.29 is 23.4 Å². The number of aromatic nitrogens is 1. The van der Waals surface area contributed by atoms with Gasteiger partial charge < -0.3 is 38.7 Å². The molecule has 2 aromatic heterocycles. The molecule has 0 spiro atoms. The van der Waals surface area contributed by atoms with E-state index in [0.717, 1.165) is 59.7 Å². The van der Waals surface area contributed by atoms with E-state index in [9.17, 15) is 4.79 Å². The summed E-state index contributed by atoms with van der Waals surface area (Å²) in [6.45, 7) is 6.17. The molecule has 9 nitrogen and oxygen atoms in total. The molecular weight excluding hydrogens is 615 g/mol. The molecule has 0 saturated carbocycles. The zero-order valence-corrected chi connectivity index (χ0v) is 27.4. The normalized spacial score (nSPS) is 21.0.